The first-order valence-electron chi connectivity index (χ1n) is 13.2. The number of hydrogen-bond acceptors (Lipinski definition) is 4. The Morgan fingerprint density at radius 2 is 1.75 bits per heavy atom. The maximum atomic E-state index is 13.4. The number of rotatable bonds is 11. The summed E-state index contributed by atoms with van der Waals surface area (Å²) in [7, 11) is -3.94. The topological polar surface area (TPSA) is 86.8 Å². The van der Waals surface area contributed by atoms with E-state index in [9.17, 15) is 31.2 Å². The number of hydrogen-bond donors (Lipinski definition) is 1. The van der Waals surface area contributed by atoms with Crippen LogP contribution in [0, 0.1) is 0 Å². The Hall–Kier alpha value is -2.79. The third kappa shape index (κ3) is 9.12. The number of carbonyl (C=O) groups is 2. The van der Waals surface area contributed by atoms with E-state index in [1.807, 2.05) is 0 Å². The van der Waals surface area contributed by atoms with Crippen LogP contribution in [-0.4, -0.2) is 50.0 Å². The molecule has 0 unspecified atom stereocenters. The minimum absolute atomic E-state index is 0.0329. The number of alkyl halides is 3. The molecule has 1 N–H and O–H groups in total. The van der Waals surface area contributed by atoms with Crippen molar-refractivity contribution >= 4 is 39.1 Å². The third-order valence-corrected chi connectivity index (χ3v) is 8.40. The number of carbonyl (C=O) groups excluding carboxylic acids is 2. The lowest BCUT2D eigenvalue weighted by atomic mass is 9.95. The Bertz CT molecular complexity index is 1280. The zero-order chi connectivity index (χ0) is 29.5. The number of sulfonamides is 1. The van der Waals surface area contributed by atoms with Gasteiger partial charge in [-0.1, -0.05) is 49.1 Å². The van der Waals surface area contributed by atoms with Gasteiger partial charge in [-0.3, -0.25) is 13.9 Å². The summed E-state index contributed by atoms with van der Waals surface area (Å²) in [6.07, 6.45) is 1.15. The van der Waals surface area contributed by atoms with Gasteiger partial charge in [-0.2, -0.15) is 13.2 Å². The van der Waals surface area contributed by atoms with Gasteiger partial charge in [0.2, 0.25) is 21.8 Å². The monoisotopic (exact) mass is 601 g/mol. The molecule has 0 aliphatic heterocycles. The van der Waals surface area contributed by atoms with Crippen LogP contribution in [0.15, 0.2) is 48.5 Å². The van der Waals surface area contributed by atoms with Gasteiger partial charge in [-0.25, -0.2) is 8.42 Å². The molecule has 220 valence electrons. The van der Waals surface area contributed by atoms with E-state index in [0.717, 1.165) is 66.4 Å². The van der Waals surface area contributed by atoms with E-state index >= 15 is 0 Å². The second-order valence-electron chi connectivity index (χ2n) is 10.2. The summed E-state index contributed by atoms with van der Waals surface area (Å²) in [5.74, 6) is -0.659. The molecule has 0 saturated heterocycles. The van der Waals surface area contributed by atoms with Crippen molar-refractivity contribution in [3.8, 4) is 0 Å². The van der Waals surface area contributed by atoms with Gasteiger partial charge in [-0.05, 0) is 62.1 Å². The number of anilines is 1. The summed E-state index contributed by atoms with van der Waals surface area (Å²) in [4.78, 5) is 28.0. The largest absolute Gasteiger partial charge is 0.416 e. The minimum atomic E-state index is -4.63. The molecule has 0 bridgehead atoms. The highest BCUT2D eigenvalue weighted by molar-refractivity contribution is 7.92. The van der Waals surface area contributed by atoms with Crippen LogP contribution < -0.4 is 9.62 Å². The fourth-order valence-electron chi connectivity index (χ4n) is 4.82. The summed E-state index contributed by atoms with van der Waals surface area (Å²) in [5.41, 5.74) is -0.388. The van der Waals surface area contributed by atoms with Crippen molar-refractivity contribution in [2.45, 2.75) is 76.7 Å². The standard InChI is InChI=1S/C28H35ClF3N3O4S/c1-20(27(37)33-24-12-4-3-5-13-24)34(19-21-9-6-11-23(29)17-21)26(36)15-8-16-35(40(2,38)39)25-14-7-10-22(18-25)28(30,31)32/h6-7,9-11,14,17-18,20,24H,3-5,8,12-13,15-16,19H2,1-2H3,(H,33,37)/t20-/m0/s1. The van der Waals surface area contributed by atoms with Crippen molar-refractivity contribution in [2.24, 2.45) is 0 Å². The molecule has 1 atom stereocenters. The first-order valence-corrected chi connectivity index (χ1v) is 15.5. The van der Waals surface area contributed by atoms with Crippen LogP contribution in [0.4, 0.5) is 18.9 Å². The van der Waals surface area contributed by atoms with E-state index in [1.165, 1.54) is 11.0 Å². The van der Waals surface area contributed by atoms with Gasteiger partial charge in [0.25, 0.3) is 0 Å². The zero-order valence-corrected chi connectivity index (χ0v) is 24.2. The Morgan fingerprint density at radius 3 is 2.38 bits per heavy atom. The highest BCUT2D eigenvalue weighted by atomic mass is 35.5. The van der Waals surface area contributed by atoms with Crippen LogP contribution in [-0.2, 0) is 32.3 Å². The lowest BCUT2D eigenvalue weighted by Gasteiger charge is -2.31. The van der Waals surface area contributed by atoms with Crippen molar-refractivity contribution in [2.75, 3.05) is 17.1 Å². The summed E-state index contributed by atoms with van der Waals surface area (Å²) in [6.45, 7) is 1.55. The molecule has 0 aromatic heterocycles. The fraction of sp³-hybridized carbons (Fsp3) is 0.500. The van der Waals surface area contributed by atoms with Crippen LogP contribution in [0.5, 0.6) is 0 Å². The molecule has 0 heterocycles. The van der Waals surface area contributed by atoms with Crippen molar-refractivity contribution in [1.82, 2.24) is 10.2 Å². The predicted molar refractivity (Wildman–Crippen MR) is 149 cm³/mol. The van der Waals surface area contributed by atoms with Gasteiger partial charge < -0.3 is 10.2 Å². The van der Waals surface area contributed by atoms with Crippen molar-refractivity contribution in [3.05, 3.63) is 64.7 Å². The molecule has 2 amide bonds. The van der Waals surface area contributed by atoms with E-state index in [-0.39, 0.29) is 49.5 Å². The highest BCUT2D eigenvalue weighted by Gasteiger charge is 2.32. The molecular weight excluding hydrogens is 567 g/mol. The summed E-state index contributed by atoms with van der Waals surface area (Å²) in [6, 6.07) is 10.2. The van der Waals surface area contributed by atoms with E-state index in [2.05, 4.69) is 5.32 Å². The van der Waals surface area contributed by atoms with Crippen LogP contribution in [0.3, 0.4) is 0 Å². The molecule has 1 fully saturated rings. The second kappa shape index (κ2) is 13.7. The first-order chi connectivity index (χ1) is 18.8. The van der Waals surface area contributed by atoms with Crippen LogP contribution >= 0.6 is 11.6 Å². The molecule has 0 spiro atoms. The first kappa shape index (κ1) is 31.7. The maximum absolute atomic E-state index is 13.4. The number of halogens is 4. The Morgan fingerprint density at radius 1 is 1.07 bits per heavy atom. The van der Waals surface area contributed by atoms with Crippen molar-refractivity contribution in [1.29, 1.82) is 0 Å². The van der Waals surface area contributed by atoms with Crippen LogP contribution in [0.1, 0.15) is 63.0 Å². The average Bonchev–Trinajstić information content (AvgIpc) is 2.88. The molecule has 1 aliphatic rings. The summed E-state index contributed by atoms with van der Waals surface area (Å²) in [5, 5.41) is 3.53. The van der Waals surface area contributed by atoms with E-state index in [4.69, 9.17) is 11.6 Å². The Kier molecular flexibility index (Phi) is 10.9. The van der Waals surface area contributed by atoms with Gasteiger partial charge >= 0.3 is 6.18 Å². The number of amides is 2. The van der Waals surface area contributed by atoms with Crippen molar-refractivity contribution in [3.63, 3.8) is 0 Å². The third-order valence-electron chi connectivity index (χ3n) is 6.97. The summed E-state index contributed by atoms with van der Waals surface area (Å²) >= 11 is 6.12. The molecule has 40 heavy (non-hydrogen) atoms. The maximum Gasteiger partial charge on any atom is 0.416 e. The molecule has 2 aromatic carbocycles. The highest BCUT2D eigenvalue weighted by Crippen LogP contribution is 2.32. The van der Waals surface area contributed by atoms with E-state index in [1.54, 1.807) is 31.2 Å². The normalized spacial score (nSPS) is 15.3. The lowest BCUT2D eigenvalue weighted by Crippen LogP contribution is -2.50. The molecule has 1 saturated carbocycles. The van der Waals surface area contributed by atoms with Gasteiger partial charge in [0.05, 0.1) is 17.5 Å². The van der Waals surface area contributed by atoms with Crippen molar-refractivity contribution < 1.29 is 31.2 Å². The lowest BCUT2D eigenvalue weighted by molar-refractivity contribution is -0.141. The van der Waals surface area contributed by atoms with Gasteiger partial charge in [-0.15, -0.1) is 0 Å². The number of nitrogens with zero attached hydrogens (tertiary/aromatic N) is 2. The van der Waals surface area contributed by atoms with E-state index in [0.29, 0.717) is 5.02 Å². The molecule has 7 nitrogen and oxygen atoms in total. The Labute approximate surface area is 238 Å². The number of benzene rings is 2. The SMILES string of the molecule is C[C@@H](C(=O)NC1CCCCC1)N(Cc1cccc(Cl)c1)C(=O)CCCN(c1cccc(C(F)(F)F)c1)S(C)(=O)=O. The molecular formula is C28H35ClF3N3O4S. The average molecular weight is 602 g/mol. The second-order valence-corrected chi connectivity index (χ2v) is 12.5. The van der Waals surface area contributed by atoms with Gasteiger partial charge in [0.15, 0.2) is 0 Å². The molecule has 0 radical (unpaired) electrons. The van der Waals surface area contributed by atoms with Gasteiger partial charge in [0, 0.05) is 30.6 Å². The molecule has 1 aliphatic carbocycles. The quantitative estimate of drug-likeness (QED) is 0.354. The molecule has 2 aromatic rings. The molecule has 12 heteroatoms. The zero-order valence-electron chi connectivity index (χ0n) is 22.6. The van der Waals surface area contributed by atoms with Crippen LogP contribution in [0.25, 0.3) is 0 Å². The molecule has 3 rings (SSSR count). The predicted octanol–water partition coefficient (Wildman–Crippen LogP) is 5.77. The van der Waals surface area contributed by atoms with E-state index < -0.39 is 27.8 Å². The van der Waals surface area contributed by atoms with Gasteiger partial charge in [0.1, 0.15) is 6.04 Å². The fourth-order valence-corrected chi connectivity index (χ4v) is 5.99. The minimum Gasteiger partial charge on any atom is -0.352 e. The van der Waals surface area contributed by atoms with Crippen LogP contribution in [0.2, 0.25) is 5.02 Å². The number of nitrogens with one attached hydrogen (secondary N) is 1. The Balaban J connectivity index is 1.74. The smallest absolute Gasteiger partial charge is 0.352 e. The summed E-state index contributed by atoms with van der Waals surface area (Å²) < 4.78 is 65.4.